The Bertz CT molecular complexity index is 248. The molecule has 52 valence electrons. The van der Waals surface area contributed by atoms with Gasteiger partial charge in [-0.3, -0.25) is 4.68 Å². The van der Waals surface area contributed by atoms with Crippen molar-refractivity contribution in [3.05, 3.63) is 11.9 Å². The number of aryl methyl sites for hydroxylation is 1. The Hall–Kier alpha value is -1.50. The van der Waals surface area contributed by atoms with Crippen LogP contribution in [0.3, 0.4) is 0 Å². The predicted molar refractivity (Wildman–Crippen MR) is 36.9 cm³/mol. The first kappa shape index (κ1) is 6.62. The number of anilines is 1. The molecule has 1 heterocycles. The largest absolute Gasteiger partial charge is 0.396 e. The predicted octanol–water partition coefficient (Wildman–Crippen LogP) is 0.0684. The monoisotopic (exact) mass is 136 g/mol. The van der Waals surface area contributed by atoms with Gasteiger partial charge in [0.1, 0.15) is 0 Å². The van der Waals surface area contributed by atoms with Crippen molar-refractivity contribution < 1.29 is 0 Å². The van der Waals surface area contributed by atoms with Crippen molar-refractivity contribution in [3.63, 3.8) is 0 Å². The maximum atomic E-state index is 8.34. The third kappa shape index (κ3) is 0.935. The second-order valence-electron chi connectivity index (χ2n) is 2.01. The zero-order chi connectivity index (χ0) is 7.56. The van der Waals surface area contributed by atoms with Crippen molar-refractivity contribution in [1.82, 2.24) is 9.78 Å². The highest BCUT2D eigenvalue weighted by Gasteiger charge is 2.02. The molecule has 0 unspecified atom stereocenters. The minimum absolute atomic E-state index is 0.322. The average Bonchev–Trinajstić information content (AvgIpc) is 2.20. The normalized spacial score (nSPS) is 9.20. The lowest BCUT2D eigenvalue weighted by molar-refractivity contribution is 0.729. The smallest absolute Gasteiger partial charge is 0.0792 e. The van der Waals surface area contributed by atoms with Crippen LogP contribution in [0.1, 0.15) is 5.69 Å². The minimum atomic E-state index is 0.322. The number of nitriles is 1. The second-order valence-corrected chi connectivity index (χ2v) is 2.01. The topological polar surface area (TPSA) is 67.6 Å². The van der Waals surface area contributed by atoms with Gasteiger partial charge in [-0.2, -0.15) is 10.4 Å². The molecule has 0 aliphatic rings. The Balaban J connectivity index is 3.01. The van der Waals surface area contributed by atoms with Crippen LogP contribution in [0.15, 0.2) is 6.20 Å². The number of nitrogen functional groups attached to an aromatic ring is 1. The van der Waals surface area contributed by atoms with E-state index in [0.29, 0.717) is 12.1 Å². The van der Waals surface area contributed by atoms with E-state index in [2.05, 4.69) is 5.10 Å². The van der Waals surface area contributed by atoms with E-state index in [1.807, 2.05) is 6.07 Å². The highest BCUT2D eigenvalue weighted by Crippen LogP contribution is 2.08. The molecule has 0 spiro atoms. The van der Waals surface area contributed by atoms with Crippen LogP contribution in [0.2, 0.25) is 0 Å². The van der Waals surface area contributed by atoms with Gasteiger partial charge in [0.25, 0.3) is 0 Å². The number of aromatic nitrogens is 2. The van der Waals surface area contributed by atoms with Gasteiger partial charge in [0.05, 0.1) is 30.1 Å². The SMILES string of the molecule is Cn1ncc(N)c1CC#N. The average molecular weight is 136 g/mol. The summed E-state index contributed by atoms with van der Waals surface area (Å²) in [6.07, 6.45) is 1.87. The van der Waals surface area contributed by atoms with Crippen LogP contribution in [-0.2, 0) is 13.5 Å². The maximum Gasteiger partial charge on any atom is 0.0792 e. The molecule has 0 amide bonds. The summed E-state index contributed by atoms with van der Waals surface area (Å²) in [5.74, 6) is 0. The van der Waals surface area contributed by atoms with Gasteiger partial charge in [-0.1, -0.05) is 0 Å². The van der Waals surface area contributed by atoms with Crippen molar-refractivity contribution in [2.45, 2.75) is 6.42 Å². The highest BCUT2D eigenvalue weighted by molar-refractivity contribution is 5.41. The van der Waals surface area contributed by atoms with Crippen LogP contribution in [0, 0.1) is 11.3 Å². The molecule has 0 saturated carbocycles. The van der Waals surface area contributed by atoms with Gasteiger partial charge in [0, 0.05) is 7.05 Å². The molecule has 0 aliphatic heterocycles. The first-order chi connectivity index (χ1) is 4.75. The fraction of sp³-hybridized carbons (Fsp3) is 0.333. The van der Waals surface area contributed by atoms with E-state index in [0.717, 1.165) is 5.69 Å². The summed E-state index contributed by atoms with van der Waals surface area (Å²) in [5, 5.41) is 12.2. The molecule has 1 aromatic rings. The Morgan fingerprint density at radius 3 is 3.00 bits per heavy atom. The zero-order valence-electron chi connectivity index (χ0n) is 5.70. The molecule has 4 nitrogen and oxygen atoms in total. The van der Waals surface area contributed by atoms with E-state index in [1.54, 1.807) is 17.9 Å². The van der Waals surface area contributed by atoms with Gasteiger partial charge in [0.2, 0.25) is 0 Å². The lowest BCUT2D eigenvalue weighted by atomic mass is 10.3. The van der Waals surface area contributed by atoms with Crippen LogP contribution in [-0.4, -0.2) is 9.78 Å². The minimum Gasteiger partial charge on any atom is -0.396 e. The first-order valence-corrected chi connectivity index (χ1v) is 2.89. The van der Waals surface area contributed by atoms with Crippen LogP contribution in [0.4, 0.5) is 5.69 Å². The van der Waals surface area contributed by atoms with E-state index in [9.17, 15) is 0 Å². The van der Waals surface area contributed by atoms with E-state index >= 15 is 0 Å². The van der Waals surface area contributed by atoms with Crippen LogP contribution >= 0.6 is 0 Å². The van der Waals surface area contributed by atoms with E-state index in [1.165, 1.54) is 0 Å². The Kier molecular flexibility index (Phi) is 1.59. The first-order valence-electron chi connectivity index (χ1n) is 2.89. The molecule has 4 heteroatoms. The number of nitrogens with two attached hydrogens (primary N) is 1. The van der Waals surface area contributed by atoms with Crippen LogP contribution < -0.4 is 5.73 Å². The van der Waals surface area contributed by atoms with E-state index in [-0.39, 0.29) is 0 Å². The summed E-state index contributed by atoms with van der Waals surface area (Å²) in [7, 11) is 1.77. The number of rotatable bonds is 1. The zero-order valence-corrected chi connectivity index (χ0v) is 5.70. The molecule has 1 rings (SSSR count). The summed E-state index contributed by atoms with van der Waals surface area (Å²) < 4.78 is 1.61. The Morgan fingerprint density at radius 1 is 1.90 bits per heavy atom. The quantitative estimate of drug-likeness (QED) is 0.594. The number of hydrogen-bond acceptors (Lipinski definition) is 3. The summed E-state index contributed by atoms with van der Waals surface area (Å²) in [5.41, 5.74) is 6.86. The maximum absolute atomic E-state index is 8.34. The summed E-state index contributed by atoms with van der Waals surface area (Å²) in [6, 6.07) is 2.01. The fourth-order valence-electron chi connectivity index (χ4n) is 0.771. The van der Waals surface area contributed by atoms with E-state index in [4.69, 9.17) is 11.0 Å². The third-order valence-corrected chi connectivity index (χ3v) is 1.34. The molecule has 0 radical (unpaired) electrons. The van der Waals surface area contributed by atoms with Crippen molar-refractivity contribution >= 4 is 5.69 Å². The van der Waals surface area contributed by atoms with Gasteiger partial charge in [-0.15, -0.1) is 0 Å². The lowest BCUT2D eigenvalue weighted by Crippen LogP contribution is -1.99. The van der Waals surface area contributed by atoms with Crippen molar-refractivity contribution in [2.75, 3.05) is 5.73 Å². The molecule has 0 saturated heterocycles. The Morgan fingerprint density at radius 2 is 2.60 bits per heavy atom. The molecule has 0 aliphatic carbocycles. The molecule has 0 fully saturated rings. The lowest BCUT2D eigenvalue weighted by Gasteiger charge is -1.94. The van der Waals surface area contributed by atoms with Gasteiger partial charge < -0.3 is 5.73 Å². The van der Waals surface area contributed by atoms with Crippen LogP contribution in [0.25, 0.3) is 0 Å². The second kappa shape index (κ2) is 2.40. The van der Waals surface area contributed by atoms with Gasteiger partial charge in [0.15, 0.2) is 0 Å². The van der Waals surface area contributed by atoms with Crippen molar-refractivity contribution in [2.24, 2.45) is 7.05 Å². The molecule has 10 heavy (non-hydrogen) atoms. The Labute approximate surface area is 58.9 Å². The molecule has 2 N–H and O–H groups in total. The summed E-state index contributed by atoms with van der Waals surface area (Å²) in [6.45, 7) is 0. The molecule has 0 aromatic carbocycles. The van der Waals surface area contributed by atoms with Gasteiger partial charge in [-0.05, 0) is 0 Å². The number of nitrogens with zero attached hydrogens (tertiary/aromatic N) is 3. The molecule has 0 bridgehead atoms. The molecular weight excluding hydrogens is 128 g/mol. The van der Waals surface area contributed by atoms with Crippen LogP contribution in [0.5, 0.6) is 0 Å². The van der Waals surface area contributed by atoms with Gasteiger partial charge in [-0.25, -0.2) is 0 Å². The fourth-order valence-corrected chi connectivity index (χ4v) is 0.771. The van der Waals surface area contributed by atoms with Gasteiger partial charge >= 0.3 is 0 Å². The molecule has 1 aromatic heterocycles. The number of hydrogen-bond donors (Lipinski definition) is 1. The standard InChI is InChI=1S/C6H8N4/c1-10-6(2-3-7)5(8)4-9-10/h4H,2,8H2,1H3. The third-order valence-electron chi connectivity index (χ3n) is 1.34. The summed E-state index contributed by atoms with van der Waals surface area (Å²) in [4.78, 5) is 0. The molecular formula is C6H8N4. The van der Waals surface area contributed by atoms with E-state index < -0.39 is 0 Å². The van der Waals surface area contributed by atoms with Crippen molar-refractivity contribution in [3.8, 4) is 6.07 Å². The molecule has 0 atom stereocenters. The highest BCUT2D eigenvalue weighted by atomic mass is 15.3. The van der Waals surface area contributed by atoms with Crippen molar-refractivity contribution in [1.29, 1.82) is 5.26 Å². The summed E-state index contributed by atoms with van der Waals surface area (Å²) >= 11 is 0.